The Kier molecular flexibility index (Phi) is 6.79. The number of hydrogen-bond donors (Lipinski definition) is 2. The van der Waals surface area contributed by atoms with E-state index < -0.39 is 10.0 Å². The lowest BCUT2D eigenvalue weighted by Gasteiger charge is -2.28. The van der Waals surface area contributed by atoms with Gasteiger partial charge in [-0.1, -0.05) is 19.9 Å². The van der Waals surface area contributed by atoms with Gasteiger partial charge in [0.15, 0.2) is 0 Å². The minimum atomic E-state index is -3.69. The number of carbonyl (C=O) groups excluding carboxylic acids is 1. The predicted molar refractivity (Wildman–Crippen MR) is 101 cm³/mol. The van der Waals surface area contributed by atoms with E-state index in [9.17, 15) is 13.2 Å². The molecule has 7 nitrogen and oxygen atoms in total. The van der Waals surface area contributed by atoms with E-state index in [1.165, 1.54) is 12.1 Å². The van der Waals surface area contributed by atoms with Crippen LogP contribution >= 0.6 is 0 Å². The molecule has 1 heterocycles. The summed E-state index contributed by atoms with van der Waals surface area (Å²) in [6, 6.07) is 6.08. The molecule has 1 aromatic rings. The number of hydrogen-bond acceptors (Lipinski definition) is 5. The van der Waals surface area contributed by atoms with E-state index >= 15 is 0 Å². The number of amides is 1. The molecule has 0 bridgehead atoms. The van der Waals surface area contributed by atoms with Gasteiger partial charge >= 0.3 is 0 Å². The van der Waals surface area contributed by atoms with Gasteiger partial charge < -0.3 is 15.0 Å². The Morgan fingerprint density at radius 1 is 1.35 bits per heavy atom. The fraction of sp³-hybridized carbons (Fsp3) is 0.611. The van der Waals surface area contributed by atoms with Crippen LogP contribution in [0, 0.1) is 5.41 Å². The van der Waals surface area contributed by atoms with Gasteiger partial charge in [0, 0.05) is 25.3 Å². The monoisotopic (exact) mass is 383 g/mol. The quantitative estimate of drug-likeness (QED) is 0.701. The van der Waals surface area contributed by atoms with E-state index in [1.54, 1.807) is 12.1 Å². The molecule has 1 aliphatic heterocycles. The molecule has 0 unspecified atom stereocenters. The van der Waals surface area contributed by atoms with Crippen molar-refractivity contribution in [2.75, 3.05) is 40.4 Å². The Morgan fingerprint density at radius 3 is 2.69 bits per heavy atom. The van der Waals surface area contributed by atoms with Crippen LogP contribution in [-0.4, -0.2) is 65.7 Å². The number of nitrogens with one attached hydrogen (secondary N) is 2. The number of rotatable bonds is 8. The number of carbonyl (C=O) groups is 1. The van der Waals surface area contributed by atoms with E-state index in [-0.39, 0.29) is 22.3 Å². The molecule has 26 heavy (non-hydrogen) atoms. The molecule has 8 heteroatoms. The molecule has 146 valence electrons. The molecular formula is C18H29N3O4S. The lowest BCUT2D eigenvalue weighted by atomic mass is 9.93. The molecule has 1 aliphatic rings. The maximum absolute atomic E-state index is 12.6. The summed E-state index contributed by atoms with van der Waals surface area (Å²) in [5, 5.41) is 2.87. The number of ether oxygens (including phenoxy) is 1. The molecular weight excluding hydrogens is 354 g/mol. The molecule has 2 rings (SSSR count). The molecule has 1 saturated heterocycles. The normalized spacial score (nSPS) is 18.3. The van der Waals surface area contributed by atoms with Crippen molar-refractivity contribution in [3.05, 3.63) is 29.8 Å². The second-order valence-electron chi connectivity index (χ2n) is 7.79. The smallest absolute Gasteiger partial charge is 0.251 e. The summed E-state index contributed by atoms with van der Waals surface area (Å²) in [7, 11) is 0.218. The van der Waals surface area contributed by atoms with E-state index in [1.807, 2.05) is 32.8 Å². The van der Waals surface area contributed by atoms with Crippen LogP contribution in [0.4, 0.5) is 0 Å². The average Bonchev–Trinajstić information content (AvgIpc) is 3.05. The molecule has 1 aromatic carbocycles. The third-order valence-corrected chi connectivity index (χ3v) is 5.56. The third kappa shape index (κ3) is 6.05. The van der Waals surface area contributed by atoms with Crippen LogP contribution in [-0.2, 0) is 14.8 Å². The maximum Gasteiger partial charge on any atom is 0.251 e. The lowest BCUT2D eigenvalue weighted by Crippen LogP contribution is -2.40. The number of benzene rings is 1. The molecule has 1 fully saturated rings. The summed E-state index contributed by atoms with van der Waals surface area (Å²) in [4.78, 5) is 14.4. The highest BCUT2D eigenvalue weighted by Gasteiger charge is 2.24. The summed E-state index contributed by atoms with van der Waals surface area (Å²) in [6.45, 7) is 6.19. The van der Waals surface area contributed by atoms with Gasteiger partial charge in [0.2, 0.25) is 10.0 Å². The van der Waals surface area contributed by atoms with Crippen molar-refractivity contribution in [3.8, 4) is 0 Å². The first-order chi connectivity index (χ1) is 12.1. The number of nitrogens with zero attached hydrogens (tertiary/aromatic N) is 1. The zero-order valence-electron chi connectivity index (χ0n) is 15.9. The lowest BCUT2D eigenvalue weighted by molar-refractivity contribution is 0.0929. The van der Waals surface area contributed by atoms with Crippen LogP contribution in [0.25, 0.3) is 0 Å². The molecule has 1 amide bonds. The molecule has 0 aliphatic carbocycles. The third-order valence-electron chi connectivity index (χ3n) is 4.16. The van der Waals surface area contributed by atoms with E-state index in [0.717, 1.165) is 13.0 Å². The van der Waals surface area contributed by atoms with Gasteiger partial charge in [-0.05, 0) is 44.1 Å². The second-order valence-corrected chi connectivity index (χ2v) is 9.56. The molecule has 0 spiro atoms. The molecule has 1 atom stereocenters. The minimum absolute atomic E-state index is 0.0206. The topological polar surface area (TPSA) is 87.7 Å². The van der Waals surface area contributed by atoms with E-state index in [2.05, 4.69) is 10.0 Å². The van der Waals surface area contributed by atoms with Crippen molar-refractivity contribution in [2.45, 2.75) is 31.2 Å². The number of sulfonamides is 1. The molecule has 0 aromatic heterocycles. The minimum Gasteiger partial charge on any atom is -0.379 e. The van der Waals surface area contributed by atoms with Crippen molar-refractivity contribution in [1.82, 2.24) is 14.9 Å². The molecule has 0 radical (unpaired) electrons. The Morgan fingerprint density at radius 2 is 2.08 bits per heavy atom. The Bertz CT molecular complexity index is 726. The van der Waals surface area contributed by atoms with Gasteiger partial charge in [-0.2, -0.15) is 0 Å². The van der Waals surface area contributed by atoms with Crippen LogP contribution in [0.2, 0.25) is 0 Å². The van der Waals surface area contributed by atoms with Crippen molar-refractivity contribution in [1.29, 1.82) is 0 Å². The first-order valence-electron chi connectivity index (χ1n) is 8.72. The standard InChI is InChI=1S/C18H29N3O4S/c1-18(2,13-21(3)4)12-19-26(23,24)16-7-5-6-14(10-16)17(22)20-15-8-9-25-11-15/h5-7,10,15,19H,8-9,11-13H2,1-4H3,(H,20,22)/t15-/m0/s1. The zero-order chi connectivity index (χ0) is 19.4. The van der Waals surface area contributed by atoms with Gasteiger partial charge in [0.25, 0.3) is 5.91 Å². The maximum atomic E-state index is 12.6. The Hall–Kier alpha value is -1.48. The van der Waals surface area contributed by atoms with E-state index in [0.29, 0.717) is 25.3 Å². The zero-order valence-corrected chi connectivity index (χ0v) is 16.7. The summed E-state index contributed by atoms with van der Waals surface area (Å²) < 4.78 is 33.1. The van der Waals surface area contributed by atoms with Crippen molar-refractivity contribution in [2.24, 2.45) is 5.41 Å². The summed E-state index contributed by atoms with van der Waals surface area (Å²) in [6.07, 6.45) is 0.770. The average molecular weight is 384 g/mol. The van der Waals surface area contributed by atoms with Gasteiger partial charge in [-0.25, -0.2) is 13.1 Å². The SMILES string of the molecule is CN(C)CC(C)(C)CNS(=O)(=O)c1cccc(C(=O)N[C@H]2CCOC2)c1. The summed E-state index contributed by atoms with van der Waals surface area (Å²) in [5.41, 5.74) is 0.112. The first-order valence-corrected chi connectivity index (χ1v) is 10.2. The van der Waals surface area contributed by atoms with Crippen LogP contribution in [0.5, 0.6) is 0 Å². The van der Waals surface area contributed by atoms with Crippen LogP contribution in [0.15, 0.2) is 29.2 Å². The van der Waals surface area contributed by atoms with Crippen LogP contribution in [0.3, 0.4) is 0 Å². The Labute approximate surface area is 156 Å². The second kappa shape index (κ2) is 8.47. The highest BCUT2D eigenvalue weighted by atomic mass is 32.2. The summed E-state index contributed by atoms with van der Waals surface area (Å²) >= 11 is 0. The van der Waals surface area contributed by atoms with Crippen molar-refractivity contribution < 1.29 is 17.9 Å². The van der Waals surface area contributed by atoms with Crippen LogP contribution < -0.4 is 10.0 Å². The molecule has 2 N–H and O–H groups in total. The summed E-state index contributed by atoms with van der Waals surface area (Å²) in [5.74, 6) is -0.287. The fourth-order valence-electron chi connectivity index (χ4n) is 3.01. The van der Waals surface area contributed by atoms with E-state index in [4.69, 9.17) is 4.74 Å². The molecule has 0 saturated carbocycles. The van der Waals surface area contributed by atoms with Crippen LogP contribution in [0.1, 0.15) is 30.6 Å². The predicted octanol–water partition coefficient (Wildman–Crippen LogP) is 1.07. The van der Waals surface area contributed by atoms with Crippen molar-refractivity contribution in [3.63, 3.8) is 0 Å². The Balaban J connectivity index is 2.06. The van der Waals surface area contributed by atoms with Gasteiger partial charge in [-0.3, -0.25) is 4.79 Å². The highest BCUT2D eigenvalue weighted by Crippen LogP contribution is 2.17. The van der Waals surface area contributed by atoms with Crippen molar-refractivity contribution >= 4 is 15.9 Å². The van der Waals surface area contributed by atoms with Gasteiger partial charge in [0.1, 0.15) is 0 Å². The van der Waals surface area contributed by atoms with Gasteiger partial charge in [-0.15, -0.1) is 0 Å². The first kappa shape index (κ1) is 20.8. The highest BCUT2D eigenvalue weighted by molar-refractivity contribution is 7.89. The van der Waals surface area contributed by atoms with Gasteiger partial charge in [0.05, 0.1) is 17.5 Å². The largest absolute Gasteiger partial charge is 0.379 e. The fourth-order valence-corrected chi connectivity index (χ4v) is 4.29.